The summed E-state index contributed by atoms with van der Waals surface area (Å²) in [7, 11) is 3.85. The van der Waals surface area contributed by atoms with E-state index in [0.29, 0.717) is 24.7 Å². The molecule has 0 aromatic carbocycles. The van der Waals surface area contributed by atoms with Crippen molar-refractivity contribution in [2.75, 3.05) is 37.5 Å². The molecular formula is C17H25N7O2. The van der Waals surface area contributed by atoms with Crippen molar-refractivity contribution in [1.82, 2.24) is 24.8 Å². The normalized spacial score (nSPS) is 19.8. The minimum absolute atomic E-state index is 0.0687. The van der Waals surface area contributed by atoms with Gasteiger partial charge in [-0.1, -0.05) is 0 Å². The van der Waals surface area contributed by atoms with Gasteiger partial charge in [0.05, 0.1) is 25.0 Å². The Bertz CT molecular complexity index is 746. The lowest BCUT2D eigenvalue weighted by Gasteiger charge is -2.33. The molecule has 0 saturated carbocycles. The number of amides is 1. The van der Waals surface area contributed by atoms with Crippen LogP contribution in [0, 0.1) is 0 Å². The molecule has 0 spiro atoms. The van der Waals surface area contributed by atoms with Gasteiger partial charge in [-0.05, 0) is 13.3 Å². The van der Waals surface area contributed by atoms with E-state index >= 15 is 0 Å². The zero-order chi connectivity index (χ0) is 18.5. The number of nitrogens with zero attached hydrogens (tertiary/aromatic N) is 5. The molecule has 1 aliphatic rings. The Morgan fingerprint density at radius 1 is 1.35 bits per heavy atom. The summed E-state index contributed by atoms with van der Waals surface area (Å²) < 4.78 is 7.46. The second kappa shape index (κ2) is 8.13. The summed E-state index contributed by atoms with van der Waals surface area (Å²) in [4.78, 5) is 27.1. The summed E-state index contributed by atoms with van der Waals surface area (Å²) in [5.41, 5.74) is 0.425. The van der Waals surface area contributed by atoms with Crippen molar-refractivity contribution in [3.8, 4) is 0 Å². The monoisotopic (exact) mass is 359 g/mol. The second-order valence-electron chi connectivity index (χ2n) is 6.44. The predicted octanol–water partition coefficient (Wildman–Crippen LogP) is 0.758. The van der Waals surface area contributed by atoms with Crippen molar-refractivity contribution < 1.29 is 9.53 Å². The van der Waals surface area contributed by atoms with Crippen LogP contribution in [0.1, 0.15) is 23.8 Å². The number of ether oxygens (including phenoxy) is 1. The molecule has 3 rings (SSSR count). The van der Waals surface area contributed by atoms with Crippen LogP contribution >= 0.6 is 0 Å². The van der Waals surface area contributed by atoms with Crippen LogP contribution in [-0.4, -0.2) is 64.8 Å². The number of aryl methyl sites for hydroxylation is 1. The molecule has 0 unspecified atom stereocenters. The van der Waals surface area contributed by atoms with E-state index in [4.69, 9.17) is 4.74 Å². The first-order valence-electron chi connectivity index (χ1n) is 8.73. The smallest absolute Gasteiger partial charge is 0.271 e. The van der Waals surface area contributed by atoms with Gasteiger partial charge in [0.15, 0.2) is 0 Å². The van der Waals surface area contributed by atoms with Gasteiger partial charge in [-0.15, -0.1) is 0 Å². The standard InChI is InChI=1S/C17H25N7O2/c1-4-24-8-13(20-11-24)17(25)22-12-5-6-26-9-14(12)21-15-7-16(23(2)3)19-10-18-15/h7-8,10-12,14H,4-6,9H2,1-3H3,(H,22,25)(H,18,19,21)/t12-,14+/m0/s1. The molecule has 3 heterocycles. The van der Waals surface area contributed by atoms with Crippen molar-refractivity contribution in [1.29, 1.82) is 0 Å². The number of aromatic nitrogens is 4. The van der Waals surface area contributed by atoms with E-state index in [-0.39, 0.29) is 18.0 Å². The summed E-state index contributed by atoms with van der Waals surface area (Å²) in [6.45, 7) is 3.89. The summed E-state index contributed by atoms with van der Waals surface area (Å²) in [5, 5.41) is 6.43. The first kappa shape index (κ1) is 18.1. The third-order valence-corrected chi connectivity index (χ3v) is 4.35. The van der Waals surface area contributed by atoms with Crippen LogP contribution in [0.2, 0.25) is 0 Å². The third kappa shape index (κ3) is 4.29. The Morgan fingerprint density at radius 3 is 2.92 bits per heavy atom. The molecule has 1 amide bonds. The van der Waals surface area contributed by atoms with E-state index in [9.17, 15) is 4.79 Å². The molecule has 1 fully saturated rings. The summed E-state index contributed by atoms with van der Waals surface area (Å²) in [5.74, 6) is 1.34. The van der Waals surface area contributed by atoms with Crippen molar-refractivity contribution in [3.05, 3.63) is 30.6 Å². The van der Waals surface area contributed by atoms with Crippen LogP contribution in [0.25, 0.3) is 0 Å². The van der Waals surface area contributed by atoms with Crippen LogP contribution in [0.4, 0.5) is 11.6 Å². The highest BCUT2D eigenvalue weighted by Crippen LogP contribution is 2.17. The Balaban J connectivity index is 1.67. The van der Waals surface area contributed by atoms with Crippen LogP contribution in [0.15, 0.2) is 24.9 Å². The van der Waals surface area contributed by atoms with Gasteiger partial charge >= 0.3 is 0 Å². The van der Waals surface area contributed by atoms with E-state index in [2.05, 4.69) is 25.6 Å². The Kier molecular flexibility index (Phi) is 5.67. The van der Waals surface area contributed by atoms with E-state index in [1.54, 1.807) is 12.5 Å². The molecule has 9 nitrogen and oxygen atoms in total. The highest BCUT2D eigenvalue weighted by Gasteiger charge is 2.28. The molecule has 140 valence electrons. The first-order chi connectivity index (χ1) is 12.6. The van der Waals surface area contributed by atoms with Gasteiger partial charge in [0.2, 0.25) is 0 Å². The van der Waals surface area contributed by atoms with E-state index in [1.165, 1.54) is 6.33 Å². The Labute approximate surface area is 152 Å². The van der Waals surface area contributed by atoms with Gasteiger partial charge in [-0.3, -0.25) is 4.79 Å². The molecule has 2 N–H and O–H groups in total. The number of imidazole rings is 1. The average Bonchev–Trinajstić information content (AvgIpc) is 3.13. The maximum absolute atomic E-state index is 12.5. The second-order valence-corrected chi connectivity index (χ2v) is 6.44. The highest BCUT2D eigenvalue weighted by molar-refractivity contribution is 5.92. The average molecular weight is 359 g/mol. The molecule has 1 saturated heterocycles. The van der Waals surface area contributed by atoms with Gasteiger partial charge in [0.1, 0.15) is 23.7 Å². The minimum atomic E-state index is -0.174. The largest absolute Gasteiger partial charge is 0.379 e. The lowest BCUT2D eigenvalue weighted by molar-refractivity contribution is 0.0618. The number of rotatable bonds is 6. The molecule has 2 aromatic rings. The van der Waals surface area contributed by atoms with Crippen LogP contribution in [-0.2, 0) is 11.3 Å². The zero-order valence-electron chi connectivity index (χ0n) is 15.3. The number of nitrogens with one attached hydrogen (secondary N) is 2. The summed E-state index contributed by atoms with van der Waals surface area (Å²) in [6, 6.07) is 1.72. The molecule has 2 atom stereocenters. The van der Waals surface area contributed by atoms with Crippen LogP contribution in [0.5, 0.6) is 0 Å². The van der Waals surface area contributed by atoms with Crippen LogP contribution < -0.4 is 15.5 Å². The summed E-state index contributed by atoms with van der Waals surface area (Å²) >= 11 is 0. The lowest BCUT2D eigenvalue weighted by atomic mass is 10.0. The molecule has 0 bridgehead atoms. The maximum atomic E-state index is 12.5. The molecule has 1 aliphatic heterocycles. The van der Waals surface area contributed by atoms with Crippen molar-refractivity contribution in [2.45, 2.75) is 32.0 Å². The summed E-state index contributed by atoms with van der Waals surface area (Å²) in [6.07, 6.45) is 5.67. The fourth-order valence-corrected chi connectivity index (χ4v) is 2.81. The fraction of sp³-hybridized carbons (Fsp3) is 0.529. The Hall–Kier alpha value is -2.68. The Morgan fingerprint density at radius 2 is 2.19 bits per heavy atom. The van der Waals surface area contributed by atoms with Gasteiger partial charge in [0.25, 0.3) is 5.91 Å². The van der Waals surface area contributed by atoms with E-state index in [1.807, 2.05) is 36.6 Å². The number of carbonyl (C=O) groups is 1. The van der Waals surface area contributed by atoms with Crippen molar-refractivity contribution >= 4 is 17.5 Å². The fourth-order valence-electron chi connectivity index (χ4n) is 2.81. The predicted molar refractivity (Wildman–Crippen MR) is 98.4 cm³/mol. The molecule has 9 heteroatoms. The van der Waals surface area contributed by atoms with Crippen molar-refractivity contribution in [3.63, 3.8) is 0 Å². The third-order valence-electron chi connectivity index (χ3n) is 4.35. The van der Waals surface area contributed by atoms with Gasteiger partial charge in [-0.25, -0.2) is 15.0 Å². The van der Waals surface area contributed by atoms with E-state index < -0.39 is 0 Å². The molecular weight excluding hydrogens is 334 g/mol. The number of anilines is 2. The first-order valence-corrected chi connectivity index (χ1v) is 8.73. The molecule has 0 radical (unpaired) electrons. The van der Waals surface area contributed by atoms with E-state index in [0.717, 1.165) is 18.8 Å². The van der Waals surface area contributed by atoms with Crippen LogP contribution in [0.3, 0.4) is 0 Å². The molecule has 26 heavy (non-hydrogen) atoms. The van der Waals surface area contributed by atoms with Gasteiger partial charge in [-0.2, -0.15) is 0 Å². The zero-order valence-corrected chi connectivity index (χ0v) is 15.3. The number of carbonyl (C=O) groups excluding carboxylic acids is 1. The highest BCUT2D eigenvalue weighted by atomic mass is 16.5. The lowest BCUT2D eigenvalue weighted by Crippen LogP contribution is -2.52. The maximum Gasteiger partial charge on any atom is 0.271 e. The molecule has 0 aliphatic carbocycles. The number of hydrogen-bond donors (Lipinski definition) is 2. The van der Waals surface area contributed by atoms with Crippen molar-refractivity contribution in [2.24, 2.45) is 0 Å². The number of hydrogen-bond acceptors (Lipinski definition) is 7. The van der Waals surface area contributed by atoms with Gasteiger partial charge in [0, 0.05) is 39.5 Å². The SMILES string of the molecule is CCn1cnc(C(=O)N[C@H]2CCOC[C@H]2Nc2cc(N(C)C)ncn2)c1. The quantitative estimate of drug-likeness (QED) is 0.786. The van der Waals surface area contributed by atoms with Gasteiger partial charge < -0.3 is 24.8 Å². The minimum Gasteiger partial charge on any atom is -0.379 e. The topological polar surface area (TPSA) is 97.2 Å². The molecule has 2 aromatic heterocycles.